The van der Waals surface area contributed by atoms with Gasteiger partial charge in [0.1, 0.15) is 0 Å². The Bertz CT molecular complexity index is 186. The molecule has 0 rings (SSSR count). The van der Waals surface area contributed by atoms with Crippen LogP contribution in [-0.2, 0) is 11.3 Å². The van der Waals surface area contributed by atoms with Crippen molar-refractivity contribution in [1.82, 2.24) is 4.31 Å². The first-order valence-corrected chi connectivity index (χ1v) is 8.59. The Morgan fingerprint density at radius 2 is 1.17 bits per heavy atom. The molecule has 0 aromatic heterocycles. The number of hydrogen-bond acceptors (Lipinski definition) is 2. The predicted molar refractivity (Wildman–Crippen MR) is 78.0 cm³/mol. The molecule has 1 atom stereocenters. The van der Waals surface area contributed by atoms with Crippen LogP contribution in [0, 0.1) is 0 Å². The molecule has 0 saturated carbocycles. The Morgan fingerprint density at radius 1 is 0.778 bits per heavy atom. The van der Waals surface area contributed by atoms with E-state index in [2.05, 4.69) is 13.8 Å². The Balaban J connectivity index is 3.56. The molecule has 0 saturated heterocycles. The van der Waals surface area contributed by atoms with Crippen molar-refractivity contribution >= 4 is 11.3 Å². The SMILES string of the molecule is CCCCCCCN(CCCCCCC)S(=O)[O-]. The first-order chi connectivity index (χ1) is 8.72. The van der Waals surface area contributed by atoms with Crippen LogP contribution in [0.3, 0.4) is 0 Å². The van der Waals surface area contributed by atoms with Gasteiger partial charge >= 0.3 is 0 Å². The molecule has 0 aliphatic heterocycles. The average molecular weight is 276 g/mol. The fourth-order valence-corrected chi connectivity index (χ4v) is 2.60. The lowest BCUT2D eigenvalue weighted by molar-refractivity contribution is 0.366. The average Bonchev–Trinajstić information content (AvgIpc) is 2.35. The lowest BCUT2D eigenvalue weighted by atomic mass is 10.1. The maximum Gasteiger partial charge on any atom is 0.0209 e. The molecule has 1 unspecified atom stereocenters. The van der Waals surface area contributed by atoms with Gasteiger partial charge in [-0.25, -0.2) is 4.31 Å². The monoisotopic (exact) mass is 276 g/mol. The van der Waals surface area contributed by atoms with Crippen LogP contribution in [0.2, 0.25) is 0 Å². The molecule has 18 heavy (non-hydrogen) atoms. The van der Waals surface area contributed by atoms with Crippen molar-refractivity contribution in [3.8, 4) is 0 Å². The van der Waals surface area contributed by atoms with Gasteiger partial charge in [-0.3, -0.25) is 4.21 Å². The van der Waals surface area contributed by atoms with Gasteiger partial charge in [-0.1, -0.05) is 65.2 Å². The number of rotatable bonds is 13. The van der Waals surface area contributed by atoms with Gasteiger partial charge in [0.2, 0.25) is 0 Å². The summed E-state index contributed by atoms with van der Waals surface area (Å²) in [6.07, 6.45) is 11.7. The summed E-state index contributed by atoms with van der Waals surface area (Å²) in [6, 6.07) is 0. The molecule has 0 radical (unpaired) electrons. The molecule has 0 aromatic rings. The standard InChI is InChI=1S/C14H31NO2S/c1-3-5-7-9-11-13-15(18(16)17)14-12-10-8-6-4-2/h3-14H2,1-2H3,(H,16,17)/p-1. The molecule has 0 aromatic carbocycles. The third-order valence-corrected chi connectivity index (χ3v) is 4.02. The van der Waals surface area contributed by atoms with E-state index in [4.69, 9.17) is 0 Å². The van der Waals surface area contributed by atoms with E-state index in [1.54, 1.807) is 4.31 Å². The summed E-state index contributed by atoms with van der Waals surface area (Å²) >= 11 is -2.03. The van der Waals surface area contributed by atoms with Crippen LogP contribution in [0.1, 0.15) is 78.1 Å². The van der Waals surface area contributed by atoms with E-state index in [1.165, 1.54) is 38.5 Å². The molecule has 0 heterocycles. The maximum atomic E-state index is 11.1. The highest BCUT2D eigenvalue weighted by atomic mass is 32.2. The molecule has 0 fully saturated rings. The van der Waals surface area contributed by atoms with Crippen molar-refractivity contribution in [2.24, 2.45) is 0 Å². The Kier molecular flexibility index (Phi) is 13.6. The van der Waals surface area contributed by atoms with Crippen molar-refractivity contribution < 1.29 is 8.76 Å². The molecule has 4 heteroatoms. The zero-order valence-corrected chi connectivity index (χ0v) is 13.0. The molecule has 0 aliphatic carbocycles. The molecule has 0 spiro atoms. The maximum absolute atomic E-state index is 11.1. The molecule has 0 bridgehead atoms. The smallest absolute Gasteiger partial charge is 0.0209 e. The zero-order valence-electron chi connectivity index (χ0n) is 12.2. The summed E-state index contributed by atoms with van der Waals surface area (Å²) in [5.74, 6) is 0. The zero-order chi connectivity index (χ0) is 13.6. The molecule has 110 valence electrons. The molecule has 0 N–H and O–H groups in total. The van der Waals surface area contributed by atoms with Crippen LogP contribution in [0.4, 0.5) is 0 Å². The summed E-state index contributed by atoms with van der Waals surface area (Å²) in [5.41, 5.74) is 0. The topological polar surface area (TPSA) is 43.4 Å². The largest absolute Gasteiger partial charge is 0.760 e. The van der Waals surface area contributed by atoms with Crippen molar-refractivity contribution in [3.05, 3.63) is 0 Å². The summed E-state index contributed by atoms with van der Waals surface area (Å²) in [5, 5.41) is 0. The van der Waals surface area contributed by atoms with Crippen molar-refractivity contribution in [2.75, 3.05) is 13.1 Å². The number of unbranched alkanes of at least 4 members (excludes halogenated alkanes) is 8. The van der Waals surface area contributed by atoms with E-state index in [-0.39, 0.29) is 0 Å². The van der Waals surface area contributed by atoms with Crippen LogP contribution >= 0.6 is 0 Å². The minimum absolute atomic E-state index is 0.702. The number of nitrogens with zero attached hydrogens (tertiary/aromatic N) is 1. The van der Waals surface area contributed by atoms with Gasteiger partial charge in [-0.15, -0.1) is 0 Å². The van der Waals surface area contributed by atoms with Gasteiger partial charge in [0.25, 0.3) is 0 Å². The second kappa shape index (κ2) is 13.5. The van der Waals surface area contributed by atoms with Crippen molar-refractivity contribution in [2.45, 2.75) is 78.1 Å². The highest BCUT2D eigenvalue weighted by molar-refractivity contribution is 7.76. The first kappa shape index (κ1) is 18.1. The van der Waals surface area contributed by atoms with E-state index < -0.39 is 11.3 Å². The van der Waals surface area contributed by atoms with Crippen LogP contribution in [-0.4, -0.2) is 26.2 Å². The Morgan fingerprint density at radius 3 is 1.50 bits per heavy atom. The molecular formula is C14H30NO2S-. The fourth-order valence-electron chi connectivity index (χ4n) is 2.04. The molecule has 0 aliphatic rings. The third-order valence-electron chi connectivity index (χ3n) is 3.23. The van der Waals surface area contributed by atoms with Crippen molar-refractivity contribution in [1.29, 1.82) is 0 Å². The Labute approximate surface area is 116 Å². The molecule has 3 nitrogen and oxygen atoms in total. The summed E-state index contributed by atoms with van der Waals surface area (Å²) in [6.45, 7) is 5.78. The second-order valence-electron chi connectivity index (χ2n) is 4.97. The highest BCUT2D eigenvalue weighted by Gasteiger charge is 2.04. The molecular weight excluding hydrogens is 246 g/mol. The van der Waals surface area contributed by atoms with Gasteiger partial charge in [0.05, 0.1) is 0 Å². The third kappa shape index (κ3) is 11.2. The minimum atomic E-state index is -2.03. The van der Waals surface area contributed by atoms with E-state index in [9.17, 15) is 8.76 Å². The van der Waals surface area contributed by atoms with E-state index >= 15 is 0 Å². The van der Waals surface area contributed by atoms with Gasteiger partial charge in [-0.2, -0.15) is 0 Å². The normalized spacial score (nSPS) is 13.1. The number of hydrogen-bond donors (Lipinski definition) is 0. The van der Waals surface area contributed by atoms with Crippen LogP contribution in [0.5, 0.6) is 0 Å². The van der Waals surface area contributed by atoms with Crippen LogP contribution in [0.25, 0.3) is 0 Å². The van der Waals surface area contributed by atoms with Gasteiger partial charge in [0, 0.05) is 24.4 Å². The quantitative estimate of drug-likeness (QED) is 0.376. The van der Waals surface area contributed by atoms with E-state index in [0.717, 1.165) is 25.7 Å². The van der Waals surface area contributed by atoms with E-state index in [0.29, 0.717) is 13.1 Å². The summed E-state index contributed by atoms with van der Waals surface area (Å²) < 4.78 is 23.7. The van der Waals surface area contributed by atoms with Crippen LogP contribution < -0.4 is 0 Å². The van der Waals surface area contributed by atoms with Gasteiger partial charge < -0.3 is 4.55 Å². The lowest BCUT2D eigenvalue weighted by Crippen LogP contribution is -2.28. The Hall–Kier alpha value is 0.0700. The fraction of sp³-hybridized carbons (Fsp3) is 1.00. The molecule has 0 amide bonds. The highest BCUT2D eigenvalue weighted by Crippen LogP contribution is 2.08. The second-order valence-corrected chi connectivity index (χ2v) is 5.93. The van der Waals surface area contributed by atoms with Crippen molar-refractivity contribution in [3.63, 3.8) is 0 Å². The lowest BCUT2D eigenvalue weighted by Gasteiger charge is -2.24. The van der Waals surface area contributed by atoms with Gasteiger partial charge in [-0.05, 0) is 12.8 Å². The van der Waals surface area contributed by atoms with E-state index in [1.807, 2.05) is 0 Å². The first-order valence-electron chi connectivity index (χ1n) is 7.56. The summed E-state index contributed by atoms with van der Waals surface area (Å²) in [7, 11) is 0. The minimum Gasteiger partial charge on any atom is -0.760 e. The van der Waals surface area contributed by atoms with Crippen LogP contribution in [0.15, 0.2) is 0 Å². The van der Waals surface area contributed by atoms with Gasteiger partial charge in [0.15, 0.2) is 0 Å². The predicted octanol–water partition coefficient (Wildman–Crippen LogP) is 4.02. The summed E-state index contributed by atoms with van der Waals surface area (Å²) in [4.78, 5) is 0.